The number of nitro groups is 1. The lowest BCUT2D eigenvalue weighted by Gasteiger charge is -2.09. The Kier molecular flexibility index (Phi) is 3.04. The molecule has 5 heteroatoms. The molecule has 0 aliphatic rings. The topological polar surface area (TPSA) is 69.4 Å². The lowest BCUT2D eigenvalue weighted by Crippen LogP contribution is -2.01. The van der Waals surface area contributed by atoms with Crippen molar-refractivity contribution < 1.29 is 14.5 Å². The number of hydrogen-bond acceptors (Lipinski definition) is 4. The van der Waals surface area contributed by atoms with Gasteiger partial charge in [0.1, 0.15) is 5.75 Å². The van der Waals surface area contributed by atoms with Crippen LogP contribution in [-0.2, 0) is 0 Å². The molecule has 0 amide bonds. The average Bonchev–Trinajstić information content (AvgIpc) is 2.16. The molecule has 15 heavy (non-hydrogen) atoms. The number of carbonyl (C=O) groups excluding carboxylic acids is 1. The molecule has 0 spiro atoms. The zero-order chi connectivity index (χ0) is 11.6. The van der Waals surface area contributed by atoms with Gasteiger partial charge in [-0.2, -0.15) is 0 Å². The number of nitrogens with zero attached hydrogens (tertiary/aromatic N) is 1. The van der Waals surface area contributed by atoms with Gasteiger partial charge in [0.25, 0.3) is 5.69 Å². The Morgan fingerprint density at radius 1 is 1.47 bits per heavy atom. The lowest BCUT2D eigenvalue weighted by atomic mass is 10.0. The molecule has 0 aliphatic carbocycles. The lowest BCUT2D eigenvalue weighted by molar-refractivity contribution is -0.385. The Labute approximate surface area is 86.8 Å². The fourth-order valence-corrected chi connectivity index (χ4v) is 1.63. The van der Waals surface area contributed by atoms with E-state index >= 15 is 0 Å². The minimum absolute atomic E-state index is 0.0794. The highest BCUT2D eigenvalue weighted by molar-refractivity contribution is 5.84. The molecular weight excluding hydrogens is 198 g/mol. The summed E-state index contributed by atoms with van der Waals surface area (Å²) < 4.78 is 5.05. The molecule has 0 radical (unpaired) electrons. The van der Waals surface area contributed by atoms with Crippen LogP contribution < -0.4 is 4.74 Å². The predicted molar refractivity (Wildman–Crippen MR) is 54.5 cm³/mol. The molecule has 0 fully saturated rings. The Morgan fingerprint density at radius 2 is 2.07 bits per heavy atom. The second-order valence-electron chi connectivity index (χ2n) is 3.16. The first-order chi connectivity index (χ1) is 7.02. The van der Waals surface area contributed by atoms with E-state index in [0.29, 0.717) is 23.2 Å². The molecule has 5 nitrogen and oxygen atoms in total. The maximum Gasteiger partial charge on any atom is 0.286 e. The summed E-state index contributed by atoms with van der Waals surface area (Å²) in [6.45, 7) is 3.31. The molecule has 1 aromatic carbocycles. The highest BCUT2D eigenvalue weighted by atomic mass is 16.6. The van der Waals surface area contributed by atoms with Gasteiger partial charge in [0.05, 0.1) is 23.2 Å². The summed E-state index contributed by atoms with van der Waals surface area (Å²) in [4.78, 5) is 20.9. The number of aryl methyl sites for hydroxylation is 1. The smallest absolute Gasteiger partial charge is 0.286 e. The number of nitro benzene ring substituents is 1. The van der Waals surface area contributed by atoms with Crippen LogP contribution in [0.15, 0.2) is 6.07 Å². The Morgan fingerprint density at radius 3 is 2.47 bits per heavy atom. The van der Waals surface area contributed by atoms with Crippen LogP contribution >= 0.6 is 0 Å². The van der Waals surface area contributed by atoms with Crippen molar-refractivity contribution in [1.82, 2.24) is 0 Å². The first-order valence-electron chi connectivity index (χ1n) is 4.30. The molecule has 0 saturated carbocycles. The number of carbonyl (C=O) groups is 1. The van der Waals surface area contributed by atoms with Crippen molar-refractivity contribution in [3.63, 3.8) is 0 Å². The van der Waals surface area contributed by atoms with Gasteiger partial charge in [-0.1, -0.05) is 0 Å². The second-order valence-corrected chi connectivity index (χ2v) is 3.16. The van der Waals surface area contributed by atoms with E-state index in [9.17, 15) is 14.9 Å². The number of ether oxygens (including phenoxy) is 1. The van der Waals surface area contributed by atoms with E-state index in [0.717, 1.165) is 0 Å². The molecule has 1 rings (SSSR count). The van der Waals surface area contributed by atoms with Crippen molar-refractivity contribution in [3.8, 4) is 5.75 Å². The van der Waals surface area contributed by atoms with Crippen LogP contribution in [-0.4, -0.2) is 18.3 Å². The zero-order valence-corrected chi connectivity index (χ0v) is 8.73. The summed E-state index contributed by atoms with van der Waals surface area (Å²) in [5, 5.41) is 10.8. The third-order valence-electron chi connectivity index (χ3n) is 2.21. The summed E-state index contributed by atoms with van der Waals surface area (Å²) in [6.07, 6.45) is 0.484. The summed E-state index contributed by atoms with van der Waals surface area (Å²) in [6, 6.07) is 1.46. The monoisotopic (exact) mass is 209 g/mol. The van der Waals surface area contributed by atoms with Crippen molar-refractivity contribution in [2.75, 3.05) is 7.11 Å². The van der Waals surface area contributed by atoms with Gasteiger partial charge in [0.15, 0.2) is 6.29 Å². The van der Waals surface area contributed by atoms with Crippen molar-refractivity contribution in [2.24, 2.45) is 0 Å². The average molecular weight is 209 g/mol. The van der Waals surface area contributed by atoms with E-state index in [-0.39, 0.29) is 11.3 Å². The van der Waals surface area contributed by atoms with Crippen molar-refractivity contribution in [1.29, 1.82) is 0 Å². The SMILES string of the molecule is COc1c(C)cc(C=O)c([N+](=O)[O-])c1C. The summed E-state index contributed by atoms with van der Waals surface area (Å²) >= 11 is 0. The minimum atomic E-state index is -0.568. The second kappa shape index (κ2) is 4.08. The van der Waals surface area contributed by atoms with Crippen LogP contribution in [0.1, 0.15) is 21.5 Å². The molecule has 0 saturated heterocycles. The van der Waals surface area contributed by atoms with Gasteiger partial charge in [-0.05, 0) is 25.5 Å². The molecule has 0 atom stereocenters. The molecule has 0 N–H and O–H groups in total. The fraction of sp³-hybridized carbons (Fsp3) is 0.300. The highest BCUT2D eigenvalue weighted by Gasteiger charge is 2.22. The van der Waals surface area contributed by atoms with E-state index in [1.807, 2.05) is 0 Å². The van der Waals surface area contributed by atoms with Gasteiger partial charge < -0.3 is 4.74 Å². The van der Waals surface area contributed by atoms with Crippen LogP contribution in [0.3, 0.4) is 0 Å². The van der Waals surface area contributed by atoms with Gasteiger partial charge in [-0.3, -0.25) is 14.9 Å². The number of hydrogen-bond donors (Lipinski definition) is 0. The fourth-order valence-electron chi connectivity index (χ4n) is 1.63. The highest BCUT2D eigenvalue weighted by Crippen LogP contribution is 2.33. The van der Waals surface area contributed by atoms with Crippen LogP contribution in [0.25, 0.3) is 0 Å². The Hall–Kier alpha value is -1.91. The quantitative estimate of drug-likeness (QED) is 0.434. The zero-order valence-electron chi connectivity index (χ0n) is 8.73. The molecule has 0 bridgehead atoms. The van der Waals surface area contributed by atoms with Gasteiger partial charge in [-0.25, -0.2) is 0 Å². The summed E-state index contributed by atoms with van der Waals surface area (Å²) in [7, 11) is 1.44. The predicted octanol–water partition coefficient (Wildman–Crippen LogP) is 2.03. The largest absolute Gasteiger partial charge is 0.496 e. The summed E-state index contributed by atoms with van der Waals surface area (Å²) in [5.74, 6) is 0.451. The van der Waals surface area contributed by atoms with Crippen LogP contribution in [0.4, 0.5) is 5.69 Å². The van der Waals surface area contributed by atoms with E-state index in [2.05, 4.69) is 0 Å². The third-order valence-corrected chi connectivity index (χ3v) is 2.21. The molecule has 0 aromatic heterocycles. The van der Waals surface area contributed by atoms with Crippen LogP contribution in [0, 0.1) is 24.0 Å². The van der Waals surface area contributed by atoms with Crippen molar-refractivity contribution >= 4 is 12.0 Å². The molecular formula is C10H11NO4. The van der Waals surface area contributed by atoms with Crippen molar-refractivity contribution in [2.45, 2.75) is 13.8 Å². The molecule has 0 heterocycles. The van der Waals surface area contributed by atoms with E-state index in [1.54, 1.807) is 13.8 Å². The first kappa shape index (κ1) is 11.2. The van der Waals surface area contributed by atoms with Crippen LogP contribution in [0.5, 0.6) is 5.75 Å². The minimum Gasteiger partial charge on any atom is -0.496 e. The number of benzene rings is 1. The van der Waals surface area contributed by atoms with Crippen molar-refractivity contribution in [3.05, 3.63) is 32.9 Å². The summed E-state index contributed by atoms with van der Waals surface area (Å²) in [5.41, 5.74) is 0.982. The standard InChI is InChI=1S/C10H11NO4/c1-6-4-8(5-12)9(11(13)14)7(2)10(6)15-3/h4-5H,1-3H3. The van der Waals surface area contributed by atoms with Gasteiger partial charge in [0, 0.05) is 0 Å². The maximum atomic E-state index is 10.8. The first-order valence-corrected chi connectivity index (χ1v) is 4.30. The van der Waals surface area contributed by atoms with E-state index in [1.165, 1.54) is 13.2 Å². The van der Waals surface area contributed by atoms with Gasteiger partial charge in [-0.15, -0.1) is 0 Å². The number of rotatable bonds is 3. The molecule has 80 valence electrons. The van der Waals surface area contributed by atoms with E-state index < -0.39 is 4.92 Å². The Balaban J connectivity index is 3.60. The normalized spacial score (nSPS) is 9.80. The molecule has 0 unspecified atom stereocenters. The number of aldehydes is 1. The van der Waals surface area contributed by atoms with Gasteiger partial charge >= 0.3 is 0 Å². The van der Waals surface area contributed by atoms with E-state index in [4.69, 9.17) is 4.74 Å². The van der Waals surface area contributed by atoms with Crippen LogP contribution in [0.2, 0.25) is 0 Å². The van der Waals surface area contributed by atoms with Gasteiger partial charge in [0.2, 0.25) is 0 Å². The maximum absolute atomic E-state index is 10.8. The molecule has 1 aromatic rings. The Bertz CT molecular complexity index is 426. The third kappa shape index (κ3) is 1.81. The number of methoxy groups -OCH3 is 1. The molecule has 0 aliphatic heterocycles.